The molecule has 0 spiro atoms. The van der Waals surface area contributed by atoms with Crippen LogP contribution in [-0.4, -0.2) is 24.9 Å². The molecule has 98 valence electrons. The second kappa shape index (κ2) is 7.16. The highest BCUT2D eigenvalue weighted by atomic mass is 79.9. The smallest absolute Gasteiger partial charge is 0.251 e. The van der Waals surface area contributed by atoms with E-state index in [-0.39, 0.29) is 11.8 Å². The largest absolute Gasteiger partial charge is 0.356 e. The highest BCUT2D eigenvalue weighted by Gasteiger charge is 2.07. The molecule has 0 heterocycles. The summed E-state index contributed by atoms with van der Waals surface area (Å²) in [6.07, 6.45) is 0.298. The van der Waals surface area contributed by atoms with Gasteiger partial charge in [-0.15, -0.1) is 0 Å². The van der Waals surface area contributed by atoms with E-state index in [1.807, 2.05) is 19.9 Å². The molecule has 0 fully saturated rings. The van der Waals surface area contributed by atoms with Crippen molar-refractivity contribution in [1.29, 1.82) is 0 Å². The third kappa shape index (κ3) is 4.49. The fourth-order valence-corrected chi connectivity index (χ4v) is 1.79. The van der Waals surface area contributed by atoms with Crippen LogP contribution in [0.3, 0.4) is 0 Å². The van der Waals surface area contributed by atoms with E-state index in [1.165, 1.54) is 0 Å². The average molecular weight is 313 g/mol. The minimum absolute atomic E-state index is 0.0529. The van der Waals surface area contributed by atoms with Gasteiger partial charge in [-0.05, 0) is 31.5 Å². The molecule has 0 aliphatic carbocycles. The maximum absolute atomic E-state index is 11.8. The second-order valence-corrected chi connectivity index (χ2v) is 4.78. The van der Waals surface area contributed by atoms with E-state index in [9.17, 15) is 9.59 Å². The van der Waals surface area contributed by atoms with E-state index in [2.05, 4.69) is 26.6 Å². The van der Waals surface area contributed by atoms with E-state index in [0.29, 0.717) is 25.1 Å². The van der Waals surface area contributed by atoms with Gasteiger partial charge < -0.3 is 10.6 Å². The Morgan fingerprint density at radius 3 is 2.61 bits per heavy atom. The summed E-state index contributed by atoms with van der Waals surface area (Å²) >= 11 is 3.38. The van der Waals surface area contributed by atoms with Crippen LogP contribution in [-0.2, 0) is 4.79 Å². The predicted octanol–water partition coefficient (Wildman–Crippen LogP) is 2.01. The van der Waals surface area contributed by atoms with Gasteiger partial charge in [-0.3, -0.25) is 9.59 Å². The number of amides is 2. The van der Waals surface area contributed by atoms with E-state index < -0.39 is 0 Å². The van der Waals surface area contributed by atoms with Crippen LogP contribution in [0.15, 0.2) is 22.7 Å². The molecule has 0 aliphatic rings. The standard InChI is InChI=1S/C13H17BrN2O2/c1-3-15-12(17)6-7-16-13(18)10-5-4-9(2)11(14)8-10/h4-5,8H,3,6-7H2,1-2H3,(H,15,17)(H,16,18). The summed E-state index contributed by atoms with van der Waals surface area (Å²) in [5, 5.41) is 5.39. The number of hydrogen-bond acceptors (Lipinski definition) is 2. The molecule has 0 aliphatic heterocycles. The van der Waals surface area contributed by atoms with Crippen LogP contribution in [0.2, 0.25) is 0 Å². The van der Waals surface area contributed by atoms with Crippen LogP contribution >= 0.6 is 15.9 Å². The molecule has 0 aromatic heterocycles. The molecule has 1 aromatic carbocycles. The molecule has 1 aromatic rings. The second-order valence-electron chi connectivity index (χ2n) is 3.92. The molecule has 5 heteroatoms. The van der Waals surface area contributed by atoms with Crippen molar-refractivity contribution in [2.75, 3.05) is 13.1 Å². The van der Waals surface area contributed by atoms with Crippen LogP contribution in [0, 0.1) is 6.92 Å². The van der Waals surface area contributed by atoms with Gasteiger partial charge in [0.25, 0.3) is 5.91 Å². The fraction of sp³-hybridized carbons (Fsp3) is 0.385. The predicted molar refractivity (Wildman–Crippen MR) is 74.5 cm³/mol. The Kier molecular flexibility index (Phi) is 5.85. The first kappa shape index (κ1) is 14.7. The third-order valence-electron chi connectivity index (χ3n) is 2.45. The summed E-state index contributed by atoms with van der Waals surface area (Å²) in [5.41, 5.74) is 1.66. The first-order valence-electron chi connectivity index (χ1n) is 5.85. The molecule has 2 amide bonds. The number of carbonyl (C=O) groups excluding carboxylic acids is 2. The first-order chi connectivity index (χ1) is 8.54. The number of benzene rings is 1. The minimum atomic E-state index is -0.167. The molecule has 18 heavy (non-hydrogen) atoms. The lowest BCUT2D eigenvalue weighted by Gasteiger charge is -2.06. The van der Waals surface area contributed by atoms with Crippen molar-refractivity contribution in [3.63, 3.8) is 0 Å². The quantitative estimate of drug-likeness (QED) is 0.874. The molecular weight excluding hydrogens is 296 g/mol. The SMILES string of the molecule is CCNC(=O)CCNC(=O)c1ccc(C)c(Br)c1. The third-order valence-corrected chi connectivity index (χ3v) is 3.30. The zero-order valence-electron chi connectivity index (χ0n) is 10.5. The Morgan fingerprint density at radius 1 is 1.28 bits per heavy atom. The summed E-state index contributed by atoms with van der Waals surface area (Å²) in [7, 11) is 0. The Labute approximate surface area is 115 Å². The number of aryl methyl sites for hydroxylation is 1. The Morgan fingerprint density at radius 2 is 2.00 bits per heavy atom. The number of rotatable bonds is 5. The van der Waals surface area contributed by atoms with Crippen molar-refractivity contribution in [3.05, 3.63) is 33.8 Å². The minimum Gasteiger partial charge on any atom is -0.356 e. The summed E-state index contributed by atoms with van der Waals surface area (Å²) in [4.78, 5) is 23.0. The summed E-state index contributed by atoms with van der Waals surface area (Å²) in [6, 6.07) is 5.42. The molecule has 1 rings (SSSR count). The van der Waals surface area contributed by atoms with E-state index in [1.54, 1.807) is 12.1 Å². The molecule has 0 saturated heterocycles. The van der Waals surface area contributed by atoms with Crippen LogP contribution in [0.25, 0.3) is 0 Å². The van der Waals surface area contributed by atoms with Crippen LogP contribution in [0.4, 0.5) is 0 Å². The lowest BCUT2D eigenvalue weighted by atomic mass is 10.1. The number of hydrogen-bond donors (Lipinski definition) is 2. The summed E-state index contributed by atoms with van der Waals surface area (Å²) in [5.74, 6) is -0.220. The van der Waals surface area contributed by atoms with Crippen LogP contribution < -0.4 is 10.6 Å². The van der Waals surface area contributed by atoms with Gasteiger partial charge in [-0.2, -0.15) is 0 Å². The molecule has 0 radical (unpaired) electrons. The highest BCUT2D eigenvalue weighted by Crippen LogP contribution is 2.17. The molecule has 0 bridgehead atoms. The van der Waals surface area contributed by atoms with E-state index in [4.69, 9.17) is 0 Å². The van der Waals surface area contributed by atoms with Crippen LogP contribution in [0.1, 0.15) is 29.3 Å². The van der Waals surface area contributed by atoms with E-state index in [0.717, 1.165) is 10.0 Å². The Balaban J connectivity index is 2.45. The van der Waals surface area contributed by atoms with Gasteiger partial charge in [0, 0.05) is 29.5 Å². The van der Waals surface area contributed by atoms with Crippen molar-refractivity contribution >= 4 is 27.7 Å². The van der Waals surface area contributed by atoms with Crippen molar-refractivity contribution < 1.29 is 9.59 Å². The molecule has 0 atom stereocenters. The van der Waals surface area contributed by atoms with Gasteiger partial charge in [0.15, 0.2) is 0 Å². The van der Waals surface area contributed by atoms with Gasteiger partial charge in [-0.1, -0.05) is 22.0 Å². The fourth-order valence-electron chi connectivity index (χ4n) is 1.41. The normalized spacial score (nSPS) is 9.94. The summed E-state index contributed by atoms with van der Waals surface area (Å²) in [6.45, 7) is 4.77. The topological polar surface area (TPSA) is 58.2 Å². The number of nitrogens with one attached hydrogen (secondary N) is 2. The van der Waals surface area contributed by atoms with Crippen LogP contribution in [0.5, 0.6) is 0 Å². The van der Waals surface area contributed by atoms with E-state index >= 15 is 0 Å². The Bertz CT molecular complexity index is 447. The van der Waals surface area contributed by atoms with Gasteiger partial charge in [0.2, 0.25) is 5.91 Å². The lowest BCUT2D eigenvalue weighted by molar-refractivity contribution is -0.120. The van der Waals surface area contributed by atoms with Crippen molar-refractivity contribution in [3.8, 4) is 0 Å². The molecule has 4 nitrogen and oxygen atoms in total. The van der Waals surface area contributed by atoms with Crippen molar-refractivity contribution in [1.82, 2.24) is 10.6 Å². The molecule has 2 N–H and O–H groups in total. The zero-order valence-corrected chi connectivity index (χ0v) is 12.1. The molecule has 0 saturated carbocycles. The number of halogens is 1. The summed E-state index contributed by atoms with van der Waals surface area (Å²) < 4.78 is 0.902. The zero-order chi connectivity index (χ0) is 13.5. The van der Waals surface area contributed by atoms with Gasteiger partial charge in [0.1, 0.15) is 0 Å². The maximum atomic E-state index is 11.8. The maximum Gasteiger partial charge on any atom is 0.251 e. The molecular formula is C13H17BrN2O2. The van der Waals surface area contributed by atoms with Crippen molar-refractivity contribution in [2.24, 2.45) is 0 Å². The van der Waals surface area contributed by atoms with Crippen molar-refractivity contribution in [2.45, 2.75) is 20.3 Å². The van der Waals surface area contributed by atoms with Gasteiger partial charge in [0.05, 0.1) is 0 Å². The molecule has 0 unspecified atom stereocenters. The van der Waals surface area contributed by atoms with Gasteiger partial charge >= 0.3 is 0 Å². The van der Waals surface area contributed by atoms with Gasteiger partial charge in [-0.25, -0.2) is 0 Å². The monoisotopic (exact) mass is 312 g/mol. The lowest BCUT2D eigenvalue weighted by Crippen LogP contribution is -2.30. The average Bonchev–Trinajstić information content (AvgIpc) is 2.33. The highest BCUT2D eigenvalue weighted by molar-refractivity contribution is 9.10. The Hall–Kier alpha value is -1.36. The number of carbonyl (C=O) groups is 2. The first-order valence-corrected chi connectivity index (χ1v) is 6.65.